The summed E-state index contributed by atoms with van der Waals surface area (Å²) >= 11 is 0. The predicted octanol–water partition coefficient (Wildman–Crippen LogP) is -1.24. The molecule has 0 aliphatic carbocycles. The molecule has 38 heavy (non-hydrogen) atoms. The van der Waals surface area contributed by atoms with Crippen molar-refractivity contribution < 1.29 is 93.9 Å². The van der Waals surface area contributed by atoms with E-state index in [9.17, 15) is 27.0 Å². The van der Waals surface area contributed by atoms with Gasteiger partial charge in [-0.2, -0.15) is 25.6 Å². The van der Waals surface area contributed by atoms with Gasteiger partial charge in [-0.1, -0.05) is 36.4 Å². The number of sulfonamides is 2. The van der Waals surface area contributed by atoms with Crippen LogP contribution in [0.15, 0.2) is 67.1 Å². The standard InChI is InChI=1S/2C7H5NO3S.6CO.2Ru/c2*9-7-5-3-1-2-4-6(5)12(10,11)8-7;6*1-2;;/h2*1-4H,(H,8,9);;;;;;;;/q;;;;;;;;2*+1/p-2. The second-order valence-corrected chi connectivity index (χ2v) is 7.88. The fourth-order valence-corrected chi connectivity index (χ4v) is 4.35. The van der Waals surface area contributed by atoms with Crippen molar-refractivity contribution in [2.45, 2.75) is 9.79 Å². The molecule has 0 spiro atoms. The summed E-state index contributed by atoms with van der Waals surface area (Å²) in [6.07, 6.45) is 0. The van der Waals surface area contributed by atoms with Crippen LogP contribution in [0.3, 0.4) is 0 Å². The van der Waals surface area contributed by atoms with E-state index in [1.165, 1.54) is 24.3 Å². The molecule has 2 radical (unpaired) electrons. The molecule has 2 aliphatic rings. The third kappa shape index (κ3) is 14.0. The SMILES string of the molecule is O=S1(=O)N=C([O-])c2ccccc21.O=S1(=O)N=C([O-])c2ccccc21.[C-]#[O+].[C-]#[O+].[C-]#[O+].[C-]#[O+].[C-]#[O+].[C-]#[O+].[Ru+].[Ru+]. The molecule has 2 aromatic carbocycles. The number of rotatable bonds is 0. The second-order valence-electron chi connectivity index (χ2n) is 4.74. The van der Waals surface area contributed by atoms with Crippen molar-refractivity contribution >= 4 is 31.8 Å². The Morgan fingerprint density at radius 3 is 0.921 bits per heavy atom. The molecule has 198 valence electrons. The molecule has 18 heteroatoms. The number of hydrogen-bond acceptors (Lipinski definition) is 6. The number of hydrogen-bond donors (Lipinski definition) is 0. The predicted molar refractivity (Wildman–Crippen MR) is 104 cm³/mol. The molecule has 0 amide bonds. The van der Waals surface area contributed by atoms with Crippen LogP contribution in [-0.2, 0) is 86.9 Å². The zero-order valence-corrected chi connectivity index (χ0v) is 23.0. The molecule has 0 N–H and O–H groups in total. The van der Waals surface area contributed by atoms with Crippen LogP contribution in [0, 0.1) is 39.9 Å². The summed E-state index contributed by atoms with van der Waals surface area (Å²) in [6.45, 7) is 27.0. The van der Waals surface area contributed by atoms with Crippen LogP contribution in [0.4, 0.5) is 0 Å². The average molecular weight is 735 g/mol. The minimum absolute atomic E-state index is 0. The van der Waals surface area contributed by atoms with Crippen molar-refractivity contribution in [2.24, 2.45) is 8.80 Å². The summed E-state index contributed by atoms with van der Waals surface area (Å²) in [5.74, 6) is -1.35. The van der Waals surface area contributed by atoms with Gasteiger partial charge < -0.3 is 10.2 Å². The first-order valence-electron chi connectivity index (χ1n) is 7.67. The van der Waals surface area contributed by atoms with Gasteiger partial charge in [-0.05, 0) is 12.1 Å². The number of fused-ring (bicyclic) bond motifs is 2. The zero-order chi connectivity index (χ0) is 29.5. The van der Waals surface area contributed by atoms with Gasteiger partial charge in [-0.25, -0.2) is 0 Å². The molecule has 0 aromatic heterocycles. The summed E-state index contributed by atoms with van der Waals surface area (Å²) < 4.78 is 95.3. The van der Waals surface area contributed by atoms with Gasteiger partial charge in [0.1, 0.15) is 0 Å². The number of benzene rings is 2. The molecule has 0 saturated heterocycles. The van der Waals surface area contributed by atoms with Gasteiger partial charge in [0.2, 0.25) is 0 Å². The van der Waals surface area contributed by atoms with Gasteiger partial charge in [0.05, 0.1) is 9.79 Å². The molecule has 4 rings (SSSR count). The van der Waals surface area contributed by atoms with Crippen molar-refractivity contribution in [3.63, 3.8) is 0 Å². The third-order valence-electron chi connectivity index (χ3n) is 3.20. The van der Waals surface area contributed by atoms with E-state index in [-0.39, 0.29) is 59.9 Å². The maximum Gasteiger partial charge on any atom is 1.00 e. The van der Waals surface area contributed by atoms with Crippen molar-refractivity contribution in [1.82, 2.24) is 0 Å². The Hall–Kier alpha value is -3.03. The van der Waals surface area contributed by atoms with E-state index < -0.39 is 31.8 Å². The normalized spacial score (nSPS) is 12.0. The Morgan fingerprint density at radius 2 is 0.711 bits per heavy atom. The molecular formula is C20H8N2O12Ru2S2. The van der Waals surface area contributed by atoms with E-state index >= 15 is 0 Å². The summed E-state index contributed by atoms with van der Waals surface area (Å²) in [6, 6.07) is 12.0. The average Bonchev–Trinajstić information content (AvgIpc) is 3.33. The monoisotopic (exact) mass is 736 g/mol. The minimum Gasteiger partial charge on any atom is 1.00 e. The van der Waals surface area contributed by atoms with Gasteiger partial charge in [0.25, 0.3) is 20.0 Å². The van der Waals surface area contributed by atoms with Crippen LogP contribution in [0.5, 0.6) is 0 Å². The molecule has 0 unspecified atom stereocenters. The van der Waals surface area contributed by atoms with Crippen molar-refractivity contribution in [1.29, 1.82) is 0 Å². The fraction of sp³-hybridized carbons (Fsp3) is 0. The summed E-state index contributed by atoms with van der Waals surface area (Å²) in [7, 11) is -7.36. The minimum atomic E-state index is -3.68. The third-order valence-corrected chi connectivity index (χ3v) is 5.83. The fourth-order valence-electron chi connectivity index (χ4n) is 2.15. The molecule has 2 heterocycles. The van der Waals surface area contributed by atoms with Crippen molar-refractivity contribution in [2.75, 3.05) is 0 Å². The van der Waals surface area contributed by atoms with Crippen LogP contribution in [0.2, 0.25) is 0 Å². The van der Waals surface area contributed by atoms with E-state index in [0.29, 0.717) is 0 Å². The van der Waals surface area contributed by atoms with E-state index in [1.54, 1.807) is 24.3 Å². The summed E-state index contributed by atoms with van der Waals surface area (Å²) in [4.78, 5) is 0.0185. The maximum atomic E-state index is 11.1. The molecule has 0 saturated carbocycles. The smallest absolute Gasteiger partial charge is 1.00 e. The molecule has 0 atom stereocenters. The number of nitrogens with zero attached hydrogens (tertiary/aromatic N) is 2. The quantitative estimate of drug-likeness (QED) is 0.182. The van der Waals surface area contributed by atoms with E-state index in [4.69, 9.17) is 27.9 Å². The molecule has 2 aromatic rings. The van der Waals surface area contributed by atoms with E-state index in [0.717, 1.165) is 0 Å². The molecule has 0 fully saturated rings. The Bertz CT molecular complexity index is 1250. The Labute approximate surface area is 242 Å². The largest absolute Gasteiger partial charge is 1.00 e. The Balaban J connectivity index is -0.0000000933. The van der Waals surface area contributed by atoms with E-state index in [1.807, 2.05) is 0 Å². The summed E-state index contributed by atoms with van der Waals surface area (Å²) in [5, 5.41) is 21.9. The van der Waals surface area contributed by atoms with Gasteiger partial charge in [0.15, 0.2) is 0 Å². The van der Waals surface area contributed by atoms with Crippen LogP contribution >= 0.6 is 0 Å². The zero-order valence-electron chi connectivity index (χ0n) is 17.9. The van der Waals surface area contributed by atoms with Gasteiger partial charge in [-0.15, -0.1) is 0 Å². The summed E-state index contributed by atoms with van der Waals surface area (Å²) in [5.41, 5.74) is 0.329. The first kappa shape index (κ1) is 48.1. The van der Waals surface area contributed by atoms with Crippen molar-refractivity contribution in [3.8, 4) is 0 Å². The van der Waals surface area contributed by atoms with Gasteiger partial charge >= 0.3 is 107 Å². The van der Waals surface area contributed by atoms with Crippen LogP contribution in [0.1, 0.15) is 11.1 Å². The van der Waals surface area contributed by atoms with Crippen LogP contribution in [0.25, 0.3) is 0 Å². The topological polar surface area (TPSA) is 259 Å². The van der Waals surface area contributed by atoms with Crippen molar-refractivity contribution in [3.05, 3.63) is 99.6 Å². The molecule has 14 nitrogen and oxygen atoms in total. The first-order chi connectivity index (χ1) is 17.2. The van der Waals surface area contributed by atoms with Gasteiger partial charge in [-0.3, -0.25) is 0 Å². The second kappa shape index (κ2) is 27.0. The van der Waals surface area contributed by atoms with Crippen LogP contribution in [-0.4, -0.2) is 28.6 Å². The van der Waals surface area contributed by atoms with Crippen LogP contribution < -0.4 is 10.2 Å². The maximum absolute atomic E-state index is 11.1. The first-order valence-corrected chi connectivity index (χ1v) is 10.6. The van der Waals surface area contributed by atoms with Gasteiger partial charge in [0, 0.05) is 22.9 Å². The molecule has 2 aliphatic heterocycles. The molecular weight excluding hydrogens is 726 g/mol. The van der Waals surface area contributed by atoms with E-state index in [2.05, 4.69) is 48.7 Å². The Kier molecular flexibility index (Phi) is 34.2. The Morgan fingerprint density at radius 1 is 0.500 bits per heavy atom. The molecule has 0 bridgehead atoms.